The van der Waals surface area contributed by atoms with E-state index in [1.54, 1.807) is 32.4 Å². The zero-order chi connectivity index (χ0) is 17.5. The van der Waals surface area contributed by atoms with Crippen molar-refractivity contribution < 1.29 is 14.3 Å². The Morgan fingerprint density at radius 3 is 2.42 bits per heavy atom. The number of ether oxygens (including phenoxy) is 2. The number of rotatable bonds is 7. The lowest BCUT2D eigenvalue weighted by atomic mass is 10.2. The Hall–Kier alpha value is -2.40. The molecule has 2 N–H and O–H groups in total. The molecule has 0 saturated carbocycles. The van der Waals surface area contributed by atoms with Crippen molar-refractivity contribution in [2.75, 3.05) is 31.4 Å². The van der Waals surface area contributed by atoms with E-state index in [1.807, 2.05) is 25.1 Å². The van der Waals surface area contributed by atoms with E-state index >= 15 is 0 Å². The summed E-state index contributed by atoms with van der Waals surface area (Å²) in [5.74, 6) is 1.10. The van der Waals surface area contributed by atoms with Gasteiger partial charge in [-0.2, -0.15) is 0 Å². The minimum atomic E-state index is -0.0899. The number of carbonyl (C=O) groups excluding carboxylic acids is 1. The van der Waals surface area contributed by atoms with E-state index in [-0.39, 0.29) is 5.91 Å². The average molecular weight is 349 g/mol. The van der Waals surface area contributed by atoms with E-state index in [2.05, 4.69) is 10.6 Å². The molecule has 2 aromatic rings. The van der Waals surface area contributed by atoms with Crippen LogP contribution in [0.25, 0.3) is 0 Å². The van der Waals surface area contributed by atoms with Crippen LogP contribution in [0.3, 0.4) is 0 Å². The number of anilines is 2. The lowest BCUT2D eigenvalue weighted by Crippen LogP contribution is -2.16. The molecule has 0 aliphatic heterocycles. The van der Waals surface area contributed by atoms with Gasteiger partial charge in [-0.25, -0.2) is 0 Å². The van der Waals surface area contributed by atoms with Gasteiger partial charge in [0, 0.05) is 35.4 Å². The van der Waals surface area contributed by atoms with Crippen molar-refractivity contribution in [2.24, 2.45) is 0 Å². The van der Waals surface area contributed by atoms with Gasteiger partial charge < -0.3 is 20.1 Å². The van der Waals surface area contributed by atoms with Crippen LogP contribution in [-0.2, 0) is 4.79 Å². The van der Waals surface area contributed by atoms with Gasteiger partial charge in [0.05, 0.1) is 14.2 Å². The highest BCUT2D eigenvalue weighted by Gasteiger charge is 2.07. The number of nitrogens with one attached hydrogen (secondary N) is 2. The maximum absolute atomic E-state index is 12.0. The summed E-state index contributed by atoms with van der Waals surface area (Å²) in [5.41, 5.74) is 2.58. The van der Waals surface area contributed by atoms with Crippen molar-refractivity contribution in [1.82, 2.24) is 0 Å². The highest BCUT2D eigenvalue weighted by atomic mass is 35.5. The summed E-state index contributed by atoms with van der Waals surface area (Å²) in [6.45, 7) is 2.46. The van der Waals surface area contributed by atoms with E-state index in [0.29, 0.717) is 35.2 Å². The molecule has 0 unspecified atom stereocenters. The van der Waals surface area contributed by atoms with Crippen LogP contribution in [0.4, 0.5) is 11.4 Å². The molecular formula is C18H21ClN2O3. The number of hydrogen-bond acceptors (Lipinski definition) is 4. The molecule has 0 heterocycles. The number of halogens is 1. The quantitative estimate of drug-likeness (QED) is 0.790. The lowest BCUT2D eigenvalue weighted by molar-refractivity contribution is -0.115. The second-order valence-electron chi connectivity index (χ2n) is 5.26. The Kier molecular flexibility index (Phi) is 6.32. The largest absolute Gasteiger partial charge is 0.493 e. The fourth-order valence-corrected chi connectivity index (χ4v) is 2.34. The second-order valence-corrected chi connectivity index (χ2v) is 5.67. The van der Waals surface area contributed by atoms with E-state index in [1.165, 1.54) is 0 Å². The molecule has 2 aromatic carbocycles. The monoisotopic (exact) mass is 348 g/mol. The summed E-state index contributed by atoms with van der Waals surface area (Å²) >= 11 is 6.07. The van der Waals surface area contributed by atoms with Gasteiger partial charge in [-0.1, -0.05) is 17.7 Å². The van der Waals surface area contributed by atoms with Crippen LogP contribution in [0.2, 0.25) is 5.02 Å². The van der Waals surface area contributed by atoms with Crippen LogP contribution in [0.1, 0.15) is 12.0 Å². The Morgan fingerprint density at radius 2 is 1.75 bits per heavy atom. The number of hydrogen-bond donors (Lipinski definition) is 2. The molecule has 0 radical (unpaired) electrons. The molecule has 0 fully saturated rings. The van der Waals surface area contributed by atoms with Gasteiger partial charge in [0.2, 0.25) is 5.91 Å². The van der Waals surface area contributed by atoms with Crippen LogP contribution in [-0.4, -0.2) is 26.7 Å². The van der Waals surface area contributed by atoms with Crippen molar-refractivity contribution in [1.29, 1.82) is 0 Å². The normalized spacial score (nSPS) is 10.2. The third-order valence-electron chi connectivity index (χ3n) is 3.52. The maximum Gasteiger partial charge on any atom is 0.226 e. The van der Waals surface area contributed by atoms with Crippen molar-refractivity contribution >= 4 is 28.9 Å². The molecule has 2 rings (SSSR count). The molecule has 5 nitrogen and oxygen atoms in total. The summed E-state index contributed by atoms with van der Waals surface area (Å²) in [5, 5.41) is 6.72. The molecule has 0 atom stereocenters. The van der Waals surface area contributed by atoms with Crippen LogP contribution in [0, 0.1) is 6.92 Å². The minimum absolute atomic E-state index is 0.0899. The van der Waals surface area contributed by atoms with Crippen LogP contribution in [0.15, 0.2) is 36.4 Å². The van der Waals surface area contributed by atoms with Gasteiger partial charge in [-0.05, 0) is 36.8 Å². The molecule has 24 heavy (non-hydrogen) atoms. The second kappa shape index (κ2) is 8.45. The fourth-order valence-electron chi connectivity index (χ4n) is 2.16. The molecule has 0 spiro atoms. The Labute approximate surface area is 146 Å². The number of amides is 1. The predicted molar refractivity (Wildman–Crippen MR) is 97.5 cm³/mol. The summed E-state index contributed by atoms with van der Waals surface area (Å²) in [6.07, 6.45) is 0.333. The number of aryl methyl sites for hydroxylation is 1. The SMILES string of the molecule is COc1ccc(NC(=O)CCNc2ccc(C)c(Cl)c2)cc1OC. The van der Waals surface area contributed by atoms with E-state index in [0.717, 1.165) is 11.3 Å². The first kappa shape index (κ1) is 17.9. The minimum Gasteiger partial charge on any atom is -0.493 e. The van der Waals surface area contributed by atoms with Crippen LogP contribution >= 0.6 is 11.6 Å². The lowest BCUT2D eigenvalue weighted by Gasteiger charge is -2.11. The standard InChI is InChI=1S/C18H21ClN2O3/c1-12-4-5-13(10-15(12)19)20-9-8-18(22)21-14-6-7-16(23-2)17(11-14)24-3/h4-7,10-11,20H,8-9H2,1-3H3,(H,21,22). The van der Waals surface area contributed by atoms with Gasteiger partial charge in [0.15, 0.2) is 11.5 Å². The van der Waals surface area contributed by atoms with E-state index < -0.39 is 0 Å². The first-order chi connectivity index (χ1) is 11.5. The molecule has 0 aromatic heterocycles. The topological polar surface area (TPSA) is 59.6 Å². The van der Waals surface area contributed by atoms with Crippen molar-refractivity contribution in [2.45, 2.75) is 13.3 Å². The molecule has 6 heteroatoms. The van der Waals surface area contributed by atoms with Gasteiger partial charge in [0.25, 0.3) is 0 Å². The van der Waals surface area contributed by atoms with Gasteiger partial charge >= 0.3 is 0 Å². The van der Waals surface area contributed by atoms with Crippen molar-refractivity contribution in [3.05, 3.63) is 47.0 Å². The van der Waals surface area contributed by atoms with Crippen molar-refractivity contribution in [3.8, 4) is 11.5 Å². The Morgan fingerprint density at radius 1 is 1.04 bits per heavy atom. The third-order valence-corrected chi connectivity index (χ3v) is 3.93. The maximum atomic E-state index is 12.0. The predicted octanol–water partition coefficient (Wildman–Crippen LogP) is 4.11. The number of carbonyl (C=O) groups is 1. The van der Waals surface area contributed by atoms with E-state index in [9.17, 15) is 4.79 Å². The zero-order valence-corrected chi connectivity index (χ0v) is 14.7. The highest BCUT2D eigenvalue weighted by Crippen LogP contribution is 2.29. The zero-order valence-electron chi connectivity index (χ0n) is 14.0. The smallest absolute Gasteiger partial charge is 0.226 e. The van der Waals surface area contributed by atoms with Gasteiger partial charge in [0.1, 0.15) is 0 Å². The Bertz CT molecular complexity index is 719. The summed E-state index contributed by atoms with van der Waals surface area (Å²) in [6, 6.07) is 11.0. The summed E-state index contributed by atoms with van der Waals surface area (Å²) < 4.78 is 10.4. The molecule has 1 amide bonds. The van der Waals surface area contributed by atoms with Gasteiger partial charge in [-0.15, -0.1) is 0 Å². The van der Waals surface area contributed by atoms with E-state index in [4.69, 9.17) is 21.1 Å². The molecule has 0 aliphatic carbocycles. The first-order valence-electron chi connectivity index (χ1n) is 7.55. The van der Waals surface area contributed by atoms with Crippen molar-refractivity contribution in [3.63, 3.8) is 0 Å². The molecular weight excluding hydrogens is 328 g/mol. The first-order valence-corrected chi connectivity index (χ1v) is 7.93. The fraction of sp³-hybridized carbons (Fsp3) is 0.278. The molecule has 0 aliphatic rings. The average Bonchev–Trinajstić information content (AvgIpc) is 2.58. The third kappa shape index (κ3) is 4.80. The summed E-state index contributed by atoms with van der Waals surface area (Å²) in [7, 11) is 3.12. The van der Waals surface area contributed by atoms with Crippen LogP contribution in [0.5, 0.6) is 11.5 Å². The summed E-state index contributed by atoms with van der Waals surface area (Å²) in [4.78, 5) is 12.0. The highest BCUT2D eigenvalue weighted by molar-refractivity contribution is 6.31. The number of methoxy groups -OCH3 is 2. The number of benzene rings is 2. The molecule has 128 valence electrons. The van der Waals surface area contributed by atoms with Crippen LogP contribution < -0.4 is 20.1 Å². The molecule has 0 saturated heterocycles. The van der Waals surface area contributed by atoms with Gasteiger partial charge in [-0.3, -0.25) is 4.79 Å². The Balaban J connectivity index is 1.86. The molecule has 0 bridgehead atoms.